The summed E-state index contributed by atoms with van der Waals surface area (Å²) in [5, 5.41) is 0. The zero-order valence-electron chi connectivity index (χ0n) is 10.8. The Labute approximate surface area is 111 Å². The normalized spacial score (nSPS) is 10.2. The van der Waals surface area contributed by atoms with Crippen LogP contribution >= 0.6 is 0 Å². The van der Waals surface area contributed by atoms with Crippen LogP contribution in [0.25, 0.3) is 0 Å². The largest absolute Gasteiger partial charge is 0.367 e. The number of carbonyl (C=O) groups excluding carboxylic acids is 1. The molecule has 2 aromatic rings. The first-order valence-corrected chi connectivity index (χ1v) is 6.22. The Bertz CT molecular complexity index is 605. The average molecular weight is 256 g/mol. The molecule has 98 valence electrons. The highest BCUT2D eigenvalue weighted by atomic mass is 16.2. The highest BCUT2D eigenvalue weighted by Crippen LogP contribution is 2.07. The van der Waals surface area contributed by atoms with E-state index in [-0.39, 0.29) is 16.9 Å². The fraction of sp³-hybridized carbons (Fsp3) is 0.200. The molecule has 0 bridgehead atoms. The molecular weight excluding hydrogens is 240 g/mol. The standard InChI is InChI=1S/C15H16N2O2/c1-2-17(11-12-6-4-3-5-7-12)15(19)13-10-16-9-8-14(13)18/h3-10H,2,11H2,1H3,(H,16,18). The van der Waals surface area contributed by atoms with Gasteiger partial charge >= 0.3 is 0 Å². The minimum Gasteiger partial charge on any atom is -0.367 e. The molecule has 4 nitrogen and oxygen atoms in total. The molecule has 0 aliphatic heterocycles. The molecule has 0 aliphatic rings. The number of benzene rings is 1. The van der Waals surface area contributed by atoms with Gasteiger partial charge in [-0.25, -0.2) is 0 Å². The molecule has 0 atom stereocenters. The summed E-state index contributed by atoms with van der Waals surface area (Å²) in [6, 6.07) is 11.1. The van der Waals surface area contributed by atoms with Crippen LogP contribution in [0.15, 0.2) is 53.6 Å². The lowest BCUT2D eigenvalue weighted by molar-refractivity contribution is 0.0751. The molecule has 1 aromatic carbocycles. The number of hydrogen-bond acceptors (Lipinski definition) is 2. The first-order chi connectivity index (χ1) is 9.22. The van der Waals surface area contributed by atoms with Crippen LogP contribution in [-0.2, 0) is 6.54 Å². The van der Waals surface area contributed by atoms with Crippen molar-refractivity contribution >= 4 is 5.91 Å². The SMILES string of the molecule is CCN(Cc1ccccc1)C(=O)c1c[nH]ccc1=O. The van der Waals surface area contributed by atoms with Crippen molar-refractivity contribution < 1.29 is 4.79 Å². The lowest BCUT2D eigenvalue weighted by atomic mass is 10.2. The van der Waals surface area contributed by atoms with E-state index in [1.54, 1.807) is 4.90 Å². The molecule has 1 heterocycles. The van der Waals surface area contributed by atoms with Gasteiger partial charge in [0, 0.05) is 31.5 Å². The topological polar surface area (TPSA) is 53.2 Å². The highest BCUT2D eigenvalue weighted by Gasteiger charge is 2.16. The molecule has 1 N–H and O–H groups in total. The van der Waals surface area contributed by atoms with Crippen LogP contribution in [0.4, 0.5) is 0 Å². The van der Waals surface area contributed by atoms with Crippen LogP contribution in [0, 0.1) is 0 Å². The second-order valence-corrected chi connectivity index (χ2v) is 4.23. The van der Waals surface area contributed by atoms with Gasteiger partial charge in [-0.15, -0.1) is 0 Å². The average Bonchev–Trinajstić information content (AvgIpc) is 2.46. The van der Waals surface area contributed by atoms with Crippen molar-refractivity contribution in [3.05, 3.63) is 70.1 Å². The molecule has 0 aliphatic carbocycles. The van der Waals surface area contributed by atoms with Crippen molar-refractivity contribution in [1.82, 2.24) is 9.88 Å². The molecule has 0 saturated carbocycles. The molecule has 19 heavy (non-hydrogen) atoms. The van der Waals surface area contributed by atoms with Gasteiger partial charge in [-0.2, -0.15) is 0 Å². The van der Waals surface area contributed by atoms with Gasteiger partial charge in [-0.05, 0) is 12.5 Å². The molecule has 1 aromatic heterocycles. The van der Waals surface area contributed by atoms with E-state index in [1.165, 1.54) is 18.5 Å². The van der Waals surface area contributed by atoms with E-state index >= 15 is 0 Å². The van der Waals surface area contributed by atoms with E-state index in [9.17, 15) is 9.59 Å². The van der Waals surface area contributed by atoms with Gasteiger partial charge < -0.3 is 9.88 Å². The Morgan fingerprint density at radius 2 is 1.95 bits per heavy atom. The number of nitrogens with one attached hydrogen (secondary N) is 1. The maximum Gasteiger partial charge on any atom is 0.259 e. The van der Waals surface area contributed by atoms with Crippen LogP contribution in [0.2, 0.25) is 0 Å². The van der Waals surface area contributed by atoms with Gasteiger partial charge in [0.15, 0.2) is 5.43 Å². The van der Waals surface area contributed by atoms with E-state index in [0.29, 0.717) is 13.1 Å². The zero-order valence-corrected chi connectivity index (χ0v) is 10.8. The third kappa shape index (κ3) is 3.10. The predicted molar refractivity (Wildman–Crippen MR) is 73.9 cm³/mol. The maximum atomic E-state index is 12.3. The smallest absolute Gasteiger partial charge is 0.259 e. The Morgan fingerprint density at radius 3 is 2.58 bits per heavy atom. The summed E-state index contributed by atoms with van der Waals surface area (Å²) in [4.78, 5) is 28.4. The van der Waals surface area contributed by atoms with Gasteiger partial charge in [-0.3, -0.25) is 9.59 Å². The summed E-state index contributed by atoms with van der Waals surface area (Å²) in [6.07, 6.45) is 2.98. The Balaban J connectivity index is 2.21. The third-order valence-corrected chi connectivity index (χ3v) is 2.94. The van der Waals surface area contributed by atoms with E-state index in [0.717, 1.165) is 5.56 Å². The Kier molecular flexibility index (Phi) is 4.13. The lowest BCUT2D eigenvalue weighted by Crippen LogP contribution is -2.33. The maximum absolute atomic E-state index is 12.3. The third-order valence-electron chi connectivity index (χ3n) is 2.94. The molecule has 0 spiro atoms. The number of aromatic nitrogens is 1. The quantitative estimate of drug-likeness (QED) is 0.910. The van der Waals surface area contributed by atoms with Crippen molar-refractivity contribution in [3.63, 3.8) is 0 Å². The molecule has 4 heteroatoms. The number of aromatic amines is 1. The van der Waals surface area contributed by atoms with Crippen molar-refractivity contribution in [3.8, 4) is 0 Å². The summed E-state index contributed by atoms with van der Waals surface area (Å²) >= 11 is 0. The summed E-state index contributed by atoms with van der Waals surface area (Å²) in [5.41, 5.74) is 0.973. The predicted octanol–water partition coefficient (Wildman–Crippen LogP) is 2.04. The molecule has 0 saturated heterocycles. The van der Waals surface area contributed by atoms with Crippen molar-refractivity contribution in [2.45, 2.75) is 13.5 Å². The van der Waals surface area contributed by atoms with Crippen molar-refractivity contribution in [2.75, 3.05) is 6.54 Å². The monoisotopic (exact) mass is 256 g/mol. The second-order valence-electron chi connectivity index (χ2n) is 4.23. The van der Waals surface area contributed by atoms with Crippen LogP contribution in [-0.4, -0.2) is 22.3 Å². The summed E-state index contributed by atoms with van der Waals surface area (Å²) in [6.45, 7) is 2.96. The van der Waals surface area contributed by atoms with Crippen LogP contribution < -0.4 is 5.43 Å². The molecule has 0 fully saturated rings. The first-order valence-electron chi connectivity index (χ1n) is 6.22. The van der Waals surface area contributed by atoms with Crippen LogP contribution in [0.3, 0.4) is 0 Å². The Morgan fingerprint density at radius 1 is 1.21 bits per heavy atom. The van der Waals surface area contributed by atoms with Gasteiger partial charge in [0.25, 0.3) is 5.91 Å². The van der Waals surface area contributed by atoms with Gasteiger partial charge in [0.05, 0.1) is 0 Å². The number of amides is 1. The minimum absolute atomic E-state index is 0.181. The summed E-state index contributed by atoms with van der Waals surface area (Å²) in [7, 11) is 0. The molecule has 1 amide bonds. The number of nitrogens with zero attached hydrogens (tertiary/aromatic N) is 1. The second kappa shape index (κ2) is 6.00. The van der Waals surface area contributed by atoms with Gasteiger partial charge in [-0.1, -0.05) is 30.3 Å². The first kappa shape index (κ1) is 13.1. The zero-order chi connectivity index (χ0) is 13.7. The molecule has 2 rings (SSSR count). The fourth-order valence-corrected chi connectivity index (χ4v) is 1.88. The van der Waals surface area contributed by atoms with E-state index in [1.807, 2.05) is 37.3 Å². The molecule has 0 unspecified atom stereocenters. The fourth-order valence-electron chi connectivity index (χ4n) is 1.88. The highest BCUT2D eigenvalue weighted by molar-refractivity contribution is 5.93. The van der Waals surface area contributed by atoms with E-state index < -0.39 is 0 Å². The molecule has 0 radical (unpaired) electrons. The van der Waals surface area contributed by atoms with Crippen molar-refractivity contribution in [1.29, 1.82) is 0 Å². The van der Waals surface area contributed by atoms with Crippen LogP contribution in [0.5, 0.6) is 0 Å². The van der Waals surface area contributed by atoms with E-state index in [4.69, 9.17) is 0 Å². The van der Waals surface area contributed by atoms with E-state index in [2.05, 4.69) is 4.98 Å². The number of H-pyrrole nitrogens is 1. The number of carbonyl (C=O) groups is 1. The summed E-state index contributed by atoms with van der Waals surface area (Å²) in [5.74, 6) is -0.242. The minimum atomic E-state index is -0.254. The number of hydrogen-bond donors (Lipinski definition) is 1. The summed E-state index contributed by atoms with van der Waals surface area (Å²) < 4.78 is 0. The number of rotatable bonds is 4. The van der Waals surface area contributed by atoms with Gasteiger partial charge in [0.2, 0.25) is 0 Å². The lowest BCUT2D eigenvalue weighted by Gasteiger charge is -2.20. The van der Waals surface area contributed by atoms with Gasteiger partial charge in [0.1, 0.15) is 5.56 Å². The van der Waals surface area contributed by atoms with Crippen LogP contribution in [0.1, 0.15) is 22.8 Å². The Hall–Kier alpha value is -2.36. The number of pyridine rings is 1. The van der Waals surface area contributed by atoms with Crippen molar-refractivity contribution in [2.24, 2.45) is 0 Å². The molecular formula is C15H16N2O2.